The highest BCUT2D eigenvalue weighted by Gasteiger charge is 2.40. The minimum atomic E-state index is -4.77. The van der Waals surface area contributed by atoms with Crippen LogP contribution in [0.4, 0.5) is 24.5 Å². The van der Waals surface area contributed by atoms with Gasteiger partial charge in [0.2, 0.25) is 15.9 Å². The minimum Gasteiger partial charge on any atom is -0.370 e. The van der Waals surface area contributed by atoms with E-state index in [1.165, 1.54) is 18.6 Å². The second kappa shape index (κ2) is 9.95. The Morgan fingerprint density at radius 2 is 1.50 bits per heavy atom. The van der Waals surface area contributed by atoms with Crippen LogP contribution >= 0.6 is 0 Å². The van der Waals surface area contributed by atoms with Crippen LogP contribution in [0.1, 0.15) is 37.7 Å². The number of alkyl halides is 3. The van der Waals surface area contributed by atoms with Crippen LogP contribution in [0.2, 0.25) is 0 Å². The molecule has 2 saturated heterocycles. The van der Waals surface area contributed by atoms with Crippen molar-refractivity contribution in [3.63, 3.8) is 0 Å². The largest absolute Gasteiger partial charge is 0.417 e. The van der Waals surface area contributed by atoms with Gasteiger partial charge in [0.05, 0.1) is 21.8 Å². The molecule has 2 aliphatic heterocycles. The molecule has 34 heavy (non-hydrogen) atoms. The smallest absolute Gasteiger partial charge is 0.370 e. The van der Waals surface area contributed by atoms with E-state index >= 15 is 0 Å². The Balaban J connectivity index is 1.43. The summed E-state index contributed by atoms with van der Waals surface area (Å²) in [5.74, 6) is -0.615. The predicted molar refractivity (Wildman–Crippen MR) is 124 cm³/mol. The molecule has 0 atom stereocenters. The molecule has 1 N–H and O–H groups in total. The van der Waals surface area contributed by atoms with Gasteiger partial charge in [0.25, 0.3) is 0 Å². The second-order valence-electron chi connectivity index (χ2n) is 8.73. The summed E-state index contributed by atoms with van der Waals surface area (Å²) >= 11 is 0. The number of hydrogen-bond donors (Lipinski definition) is 1. The van der Waals surface area contributed by atoms with Crippen molar-refractivity contribution in [3.8, 4) is 0 Å². The van der Waals surface area contributed by atoms with Crippen LogP contribution in [0.3, 0.4) is 0 Å². The molecule has 0 aliphatic carbocycles. The third-order valence-corrected chi connectivity index (χ3v) is 8.45. The predicted octanol–water partition coefficient (Wildman–Crippen LogP) is 4.74. The number of amides is 1. The third kappa shape index (κ3) is 5.22. The molecule has 2 fully saturated rings. The molecule has 0 bridgehead atoms. The average Bonchev–Trinajstić information content (AvgIpc) is 2.84. The minimum absolute atomic E-state index is 0.0135. The van der Waals surface area contributed by atoms with E-state index in [0.717, 1.165) is 53.7 Å². The van der Waals surface area contributed by atoms with Gasteiger partial charge < -0.3 is 10.2 Å². The van der Waals surface area contributed by atoms with Gasteiger partial charge in [-0.25, -0.2) is 8.42 Å². The van der Waals surface area contributed by atoms with E-state index in [2.05, 4.69) is 10.2 Å². The first-order valence-corrected chi connectivity index (χ1v) is 12.9. The lowest BCUT2D eigenvalue weighted by molar-refractivity contribution is -0.139. The number of rotatable bonds is 5. The molecule has 1 amide bonds. The number of nitrogens with zero attached hydrogens (tertiary/aromatic N) is 2. The number of carbonyl (C=O) groups is 1. The van der Waals surface area contributed by atoms with E-state index in [0.29, 0.717) is 0 Å². The first kappa shape index (κ1) is 24.5. The highest BCUT2D eigenvalue weighted by atomic mass is 32.2. The molecular formula is C24H28F3N3O3S. The van der Waals surface area contributed by atoms with Gasteiger partial charge in [-0.3, -0.25) is 4.79 Å². The lowest BCUT2D eigenvalue weighted by Gasteiger charge is -2.32. The first-order valence-electron chi connectivity index (χ1n) is 11.5. The summed E-state index contributed by atoms with van der Waals surface area (Å²) in [6, 6.07) is 11.8. The lowest BCUT2D eigenvalue weighted by atomic mass is 9.97. The molecule has 2 aromatic carbocycles. The summed E-state index contributed by atoms with van der Waals surface area (Å²) in [4.78, 5) is 14.5. The van der Waals surface area contributed by atoms with Gasteiger partial charge in [-0.15, -0.1) is 0 Å². The number of sulfonamides is 1. The number of hydrogen-bond acceptors (Lipinski definition) is 4. The Labute approximate surface area is 197 Å². The number of para-hydroxylation sites is 2. The number of halogens is 3. The molecule has 2 aliphatic rings. The third-order valence-electron chi connectivity index (χ3n) is 6.49. The molecule has 2 aromatic rings. The molecular weight excluding hydrogens is 467 g/mol. The van der Waals surface area contributed by atoms with Gasteiger partial charge in [0, 0.05) is 32.1 Å². The summed E-state index contributed by atoms with van der Waals surface area (Å²) in [5, 5.41) is 2.99. The van der Waals surface area contributed by atoms with Crippen molar-refractivity contribution in [2.45, 2.75) is 43.2 Å². The maximum atomic E-state index is 13.3. The molecule has 184 valence electrons. The zero-order valence-electron chi connectivity index (χ0n) is 18.7. The van der Waals surface area contributed by atoms with Crippen LogP contribution in [-0.4, -0.2) is 44.8 Å². The zero-order chi connectivity index (χ0) is 24.3. The zero-order valence-corrected chi connectivity index (χ0v) is 19.5. The fourth-order valence-electron chi connectivity index (χ4n) is 4.65. The SMILES string of the molecule is O=C(Nc1ccccc1N1CCCCC1)C1CCN(S(=O)(=O)c2ccccc2C(F)(F)F)CC1. The molecule has 10 heteroatoms. The monoisotopic (exact) mass is 495 g/mol. The topological polar surface area (TPSA) is 69.7 Å². The van der Waals surface area contributed by atoms with Gasteiger partial charge in [-0.1, -0.05) is 24.3 Å². The van der Waals surface area contributed by atoms with Crippen LogP contribution in [0, 0.1) is 5.92 Å². The van der Waals surface area contributed by atoms with Crippen molar-refractivity contribution in [1.29, 1.82) is 0 Å². The summed E-state index contributed by atoms with van der Waals surface area (Å²) in [6.45, 7) is 1.84. The summed E-state index contributed by atoms with van der Waals surface area (Å²) in [5.41, 5.74) is 0.520. The standard InChI is InChI=1S/C24H28F3N3O3S/c25-24(26,27)19-8-2-5-11-22(19)34(32,33)30-16-12-18(13-17-30)23(31)28-20-9-3-4-10-21(20)29-14-6-1-7-15-29/h2-5,8-11,18H,1,6-7,12-17H2,(H,28,31). The summed E-state index contributed by atoms with van der Waals surface area (Å²) in [6.07, 6.45) is -0.890. The number of carbonyl (C=O) groups excluding carboxylic acids is 1. The molecule has 0 aromatic heterocycles. The van der Waals surface area contributed by atoms with Crippen LogP contribution in [-0.2, 0) is 21.0 Å². The van der Waals surface area contributed by atoms with E-state index in [9.17, 15) is 26.4 Å². The van der Waals surface area contributed by atoms with Crippen molar-refractivity contribution in [1.82, 2.24) is 4.31 Å². The Morgan fingerprint density at radius 1 is 0.882 bits per heavy atom. The quantitative estimate of drug-likeness (QED) is 0.651. The molecule has 0 radical (unpaired) electrons. The average molecular weight is 496 g/mol. The van der Waals surface area contributed by atoms with Crippen LogP contribution in [0.25, 0.3) is 0 Å². The molecule has 0 spiro atoms. The fraction of sp³-hybridized carbons (Fsp3) is 0.458. The van der Waals surface area contributed by atoms with Crippen LogP contribution in [0.15, 0.2) is 53.4 Å². The van der Waals surface area contributed by atoms with E-state index in [-0.39, 0.29) is 31.8 Å². The number of piperidine rings is 2. The summed E-state index contributed by atoms with van der Waals surface area (Å²) < 4.78 is 67.0. The molecule has 6 nitrogen and oxygen atoms in total. The van der Waals surface area contributed by atoms with Crippen LogP contribution in [0.5, 0.6) is 0 Å². The highest BCUT2D eigenvalue weighted by molar-refractivity contribution is 7.89. The van der Waals surface area contributed by atoms with E-state index in [1.54, 1.807) is 0 Å². The molecule has 4 rings (SSSR count). The maximum absolute atomic E-state index is 13.3. The molecule has 0 unspecified atom stereocenters. The first-order chi connectivity index (χ1) is 16.2. The van der Waals surface area contributed by atoms with Gasteiger partial charge in [-0.2, -0.15) is 17.5 Å². The second-order valence-corrected chi connectivity index (χ2v) is 10.6. The Kier molecular flexibility index (Phi) is 7.18. The molecule has 0 saturated carbocycles. The van der Waals surface area contributed by atoms with Gasteiger partial charge in [-0.05, 0) is 56.4 Å². The van der Waals surface area contributed by atoms with Crippen molar-refractivity contribution in [2.75, 3.05) is 36.4 Å². The van der Waals surface area contributed by atoms with E-state index in [1.807, 2.05) is 24.3 Å². The van der Waals surface area contributed by atoms with E-state index < -0.39 is 32.6 Å². The lowest BCUT2D eigenvalue weighted by Crippen LogP contribution is -2.42. The van der Waals surface area contributed by atoms with Gasteiger partial charge >= 0.3 is 6.18 Å². The van der Waals surface area contributed by atoms with Crippen molar-refractivity contribution in [2.24, 2.45) is 5.92 Å². The Hall–Kier alpha value is -2.59. The summed E-state index contributed by atoms with van der Waals surface area (Å²) in [7, 11) is -4.33. The van der Waals surface area contributed by atoms with Crippen molar-refractivity contribution < 1.29 is 26.4 Å². The Bertz CT molecular complexity index is 1120. The van der Waals surface area contributed by atoms with Gasteiger partial charge in [0.15, 0.2) is 0 Å². The van der Waals surface area contributed by atoms with Crippen molar-refractivity contribution >= 4 is 27.3 Å². The number of benzene rings is 2. The van der Waals surface area contributed by atoms with E-state index in [4.69, 9.17) is 0 Å². The number of anilines is 2. The normalized spacial score (nSPS) is 18.6. The van der Waals surface area contributed by atoms with Crippen molar-refractivity contribution in [3.05, 3.63) is 54.1 Å². The van der Waals surface area contributed by atoms with Crippen LogP contribution < -0.4 is 10.2 Å². The highest BCUT2D eigenvalue weighted by Crippen LogP contribution is 2.36. The molecule has 2 heterocycles. The van der Waals surface area contributed by atoms with Gasteiger partial charge in [0.1, 0.15) is 0 Å². The maximum Gasteiger partial charge on any atom is 0.417 e. The Morgan fingerprint density at radius 3 is 2.18 bits per heavy atom. The number of nitrogens with one attached hydrogen (secondary N) is 1. The fourth-order valence-corrected chi connectivity index (χ4v) is 6.33.